The van der Waals surface area contributed by atoms with Crippen molar-refractivity contribution >= 4 is 23.7 Å². The molecule has 0 fully saturated rings. The van der Waals surface area contributed by atoms with Crippen molar-refractivity contribution in [1.82, 2.24) is 0 Å². The van der Waals surface area contributed by atoms with Crippen molar-refractivity contribution in [1.29, 1.82) is 0 Å². The summed E-state index contributed by atoms with van der Waals surface area (Å²) >= 11 is 1.89. The topological polar surface area (TPSA) is 66.5 Å². The first-order valence-corrected chi connectivity index (χ1v) is 10.1. The van der Waals surface area contributed by atoms with Crippen molar-refractivity contribution in [3.8, 4) is 10.4 Å². The summed E-state index contributed by atoms with van der Waals surface area (Å²) in [5, 5.41) is 18.5. The molecule has 0 amide bonds. The molecule has 0 aliphatic rings. The fraction of sp³-hybridized carbons (Fsp3) is 0.524. The number of hydrogen-bond donors (Lipinski definition) is 3. The quantitative estimate of drug-likeness (QED) is 0.486. The zero-order chi connectivity index (χ0) is 18.1. The Kier molecular flexibility index (Phi) is 10.4. The van der Waals surface area contributed by atoms with E-state index in [1.807, 2.05) is 11.3 Å². The van der Waals surface area contributed by atoms with Gasteiger partial charge in [-0.1, -0.05) is 50.5 Å². The highest BCUT2D eigenvalue weighted by atomic mass is 35.5. The highest BCUT2D eigenvalue weighted by Crippen LogP contribution is 2.29. The lowest BCUT2D eigenvalue weighted by atomic mass is 9.93. The Labute approximate surface area is 167 Å². The maximum absolute atomic E-state index is 9.27. The molecule has 0 bridgehead atoms. The molecule has 0 saturated carbocycles. The molecule has 1 aromatic heterocycles. The number of aryl methyl sites for hydroxylation is 2. The predicted octanol–water partition coefficient (Wildman–Crippen LogP) is 4.57. The van der Waals surface area contributed by atoms with Gasteiger partial charge in [-0.05, 0) is 48.9 Å². The van der Waals surface area contributed by atoms with E-state index in [1.54, 1.807) is 0 Å². The SMILES string of the molecule is CCCCCCc1ccc(-c2ccc(CCC(N)(CO)CO)cc2)s1.Cl. The molecule has 0 aliphatic carbocycles. The van der Waals surface area contributed by atoms with Crippen molar-refractivity contribution in [3.63, 3.8) is 0 Å². The van der Waals surface area contributed by atoms with Crippen molar-refractivity contribution in [2.45, 2.75) is 57.4 Å². The van der Waals surface area contributed by atoms with E-state index in [1.165, 1.54) is 53.0 Å². The van der Waals surface area contributed by atoms with Crippen LogP contribution in [0.2, 0.25) is 0 Å². The van der Waals surface area contributed by atoms with E-state index >= 15 is 0 Å². The number of unbranched alkanes of at least 4 members (excludes halogenated alkanes) is 3. The Bertz CT molecular complexity index is 623. The molecular formula is C21H32ClNO2S. The summed E-state index contributed by atoms with van der Waals surface area (Å²) in [7, 11) is 0. The van der Waals surface area contributed by atoms with Gasteiger partial charge in [-0.25, -0.2) is 0 Å². The highest BCUT2D eigenvalue weighted by Gasteiger charge is 2.22. The molecule has 0 atom stereocenters. The lowest BCUT2D eigenvalue weighted by molar-refractivity contribution is 0.115. The van der Waals surface area contributed by atoms with Crippen LogP contribution in [0.5, 0.6) is 0 Å². The average Bonchev–Trinajstić information content (AvgIpc) is 3.13. The fourth-order valence-electron chi connectivity index (χ4n) is 2.83. The standard InChI is InChI=1S/C21H31NO2S.ClH/c1-2-3-4-5-6-19-11-12-20(25-19)18-9-7-17(8-10-18)13-14-21(22,15-23)16-24;/h7-12,23-24H,2-6,13-16,22H2,1H3;1H. The molecule has 3 nitrogen and oxygen atoms in total. The second kappa shape index (κ2) is 11.7. The highest BCUT2D eigenvalue weighted by molar-refractivity contribution is 7.15. The first-order valence-electron chi connectivity index (χ1n) is 9.29. The number of hydrogen-bond acceptors (Lipinski definition) is 4. The van der Waals surface area contributed by atoms with E-state index < -0.39 is 5.54 Å². The summed E-state index contributed by atoms with van der Waals surface area (Å²) in [6, 6.07) is 13.0. The van der Waals surface area contributed by atoms with Gasteiger partial charge in [-0.15, -0.1) is 23.7 Å². The van der Waals surface area contributed by atoms with Gasteiger partial charge >= 0.3 is 0 Å². The van der Waals surface area contributed by atoms with E-state index in [-0.39, 0.29) is 25.6 Å². The van der Waals surface area contributed by atoms with Crippen molar-refractivity contribution in [2.75, 3.05) is 13.2 Å². The molecule has 0 unspecified atom stereocenters. The maximum Gasteiger partial charge on any atom is 0.0633 e. The number of nitrogens with two attached hydrogens (primary N) is 1. The third-order valence-electron chi connectivity index (χ3n) is 4.72. The van der Waals surface area contributed by atoms with Crippen LogP contribution in [-0.4, -0.2) is 29.0 Å². The van der Waals surface area contributed by atoms with Gasteiger partial charge in [0.15, 0.2) is 0 Å². The molecule has 0 spiro atoms. The van der Waals surface area contributed by atoms with Crippen LogP contribution in [0.4, 0.5) is 0 Å². The number of rotatable bonds is 11. The van der Waals surface area contributed by atoms with Crippen molar-refractivity contribution in [2.24, 2.45) is 5.73 Å². The Hall–Kier alpha value is -0.910. The monoisotopic (exact) mass is 397 g/mol. The van der Waals surface area contributed by atoms with Gasteiger partial charge in [0.05, 0.1) is 18.8 Å². The second-order valence-electron chi connectivity index (χ2n) is 6.95. The number of thiophene rings is 1. The first kappa shape index (κ1) is 23.1. The summed E-state index contributed by atoms with van der Waals surface area (Å²) in [4.78, 5) is 2.78. The van der Waals surface area contributed by atoms with Crippen LogP contribution in [0.1, 0.15) is 49.5 Å². The molecule has 0 radical (unpaired) electrons. The smallest absolute Gasteiger partial charge is 0.0633 e. The molecule has 0 aliphatic heterocycles. The van der Waals surface area contributed by atoms with E-state index in [9.17, 15) is 10.2 Å². The van der Waals surface area contributed by atoms with E-state index in [0.717, 1.165) is 6.42 Å². The van der Waals surface area contributed by atoms with Gasteiger partial charge < -0.3 is 15.9 Å². The predicted molar refractivity (Wildman–Crippen MR) is 114 cm³/mol. The zero-order valence-electron chi connectivity index (χ0n) is 15.6. The first-order chi connectivity index (χ1) is 12.1. The molecule has 2 aromatic rings. The largest absolute Gasteiger partial charge is 0.394 e. The Morgan fingerprint density at radius 2 is 1.62 bits per heavy atom. The van der Waals surface area contributed by atoms with Gasteiger partial charge in [-0.2, -0.15) is 0 Å². The van der Waals surface area contributed by atoms with Gasteiger partial charge in [0.25, 0.3) is 0 Å². The summed E-state index contributed by atoms with van der Waals surface area (Å²) in [5.74, 6) is 0. The van der Waals surface area contributed by atoms with Gasteiger partial charge in [-0.3, -0.25) is 0 Å². The lowest BCUT2D eigenvalue weighted by Crippen LogP contribution is -2.47. The Morgan fingerprint density at radius 1 is 0.923 bits per heavy atom. The summed E-state index contributed by atoms with van der Waals surface area (Å²) in [6.07, 6.45) is 7.72. The van der Waals surface area contributed by atoms with Crippen molar-refractivity contribution in [3.05, 3.63) is 46.8 Å². The van der Waals surface area contributed by atoms with Crippen LogP contribution >= 0.6 is 23.7 Å². The third-order valence-corrected chi connectivity index (χ3v) is 5.91. The fourth-order valence-corrected chi connectivity index (χ4v) is 3.89. The van der Waals surface area contributed by atoms with E-state index in [4.69, 9.17) is 5.73 Å². The van der Waals surface area contributed by atoms with Crippen LogP contribution in [0, 0.1) is 0 Å². The van der Waals surface area contributed by atoms with Crippen molar-refractivity contribution < 1.29 is 10.2 Å². The zero-order valence-corrected chi connectivity index (χ0v) is 17.2. The molecule has 5 heteroatoms. The normalized spacial score (nSPS) is 11.4. The number of aliphatic hydroxyl groups is 2. The molecule has 26 heavy (non-hydrogen) atoms. The minimum absolute atomic E-state index is 0. The number of aliphatic hydroxyl groups excluding tert-OH is 2. The minimum atomic E-state index is -0.890. The molecule has 4 N–H and O–H groups in total. The third kappa shape index (κ3) is 7.01. The van der Waals surface area contributed by atoms with Gasteiger partial charge in [0, 0.05) is 9.75 Å². The Morgan fingerprint density at radius 3 is 2.23 bits per heavy atom. The van der Waals surface area contributed by atoms with Crippen LogP contribution < -0.4 is 5.73 Å². The van der Waals surface area contributed by atoms with Gasteiger partial charge in [0.1, 0.15) is 0 Å². The van der Waals surface area contributed by atoms with Crippen LogP contribution in [0.15, 0.2) is 36.4 Å². The molecule has 2 rings (SSSR count). The molecular weight excluding hydrogens is 366 g/mol. The van der Waals surface area contributed by atoms with Gasteiger partial charge in [0.2, 0.25) is 0 Å². The molecule has 0 saturated heterocycles. The number of halogens is 1. The Balaban J connectivity index is 0.00000338. The second-order valence-corrected chi connectivity index (χ2v) is 8.12. The van der Waals surface area contributed by atoms with E-state index in [0.29, 0.717) is 6.42 Å². The molecule has 1 aromatic carbocycles. The van der Waals surface area contributed by atoms with E-state index in [2.05, 4.69) is 43.3 Å². The average molecular weight is 398 g/mol. The maximum atomic E-state index is 9.27. The summed E-state index contributed by atoms with van der Waals surface area (Å²) in [6.45, 7) is 1.85. The number of benzene rings is 1. The molecule has 1 heterocycles. The summed E-state index contributed by atoms with van der Waals surface area (Å²) in [5.41, 5.74) is 7.46. The minimum Gasteiger partial charge on any atom is -0.394 e. The lowest BCUT2D eigenvalue weighted by Gasteiger charge is -2.24. The van der Waals surface area contributed by atoms with Crippen LogP contribution in [0.3, 0.4) is 0 Å². The molecule has 146 valence electrons. The summed E-state index contributed by atoms with van der Waals surface area (Å²) < 4.78 is 0. The van der Waals surface area contributed by atoms with Crippen LogP contribution in [-0.2, 0) is 12.8 Å². The van der Waals surface area contributed by atoms with Crippen LogP contribution in [0.25, 0.3) is 10.4 Å².